The van der Waals surface area contributed by atoms with E-state index in [4.69, 9.17) is 11.6 Å². The van der Waals surface area contributed by atoms with Crippen LogP contribution in [0.1, 0.15) is 11.1 Å². The third-order valence-corrected chi connectivity index (χ3v) is 7.49. The van der Waals surface area contributed by atoms with Crippen LogP contribution in [-0.2, 0) is 0 Å². The van der Waals surface area contributed by atoms with E-state index < -0.39 is 0 Å². The molecule has 0 saturated heterocycles. The molecule has 1 aliphatic rings. The van der Waals surface area contributed by atoms with Gasteiger partial charge in [-0.15, -0.1) is 0 Å². The highest BCUT2D eigenvalue weighted by molar-refractivity contribution is 9.10. The van der Waals surface area contributed by atoms with Crippen LogP contribution < -0.4 is 0 Å². The van der Waals surface area contributed by atoms with Crippen molar-refractivity contribution in [2.45, 2.75) is 13.8 Å². The summed E-state index contributed by atoms with van der Waals surface area (Å²) in [4.78, 5) is 0. The van der Waals surface area contributed by atoms with E-state index >= 15 is 0 Å². The summed E-state index contributed by atoms with van der Waals surface area (Å²) < 4.78 is 0.947. The zero-order chi connectivity index (χ0) is 19.2. The maximum absolute atomic E-state index is 6.46. The van der Waals surface area contributed by atoms with Crippen molar-refractivity contribution in [1.82, 2.24) is 0 Å². The first kappa shape index (κ1) is 16.6. The molecule has 0 bridgehead atoms. The van der Waals surface area contributed by atoms with Crippen LogP contribution in [0.2, 0.25) is 5.02 Å². The maximum atomic E-state index is 6.46. The molecule has 0 heterocycles. The van der Waals surface area contributed by atoms with Crippen molar-refractivity contribution in [3.05, 3.63) is 81.3 Å². The Bertz CT molecular complexity index is 1490. The van der Waals surface area contributed by atoms with Crippen molar-refractivity contribution >= 4 is 59.8 Å². The van der Waals surface area contributed by atoms with Crippen molar-refractivity contribution in [2.24, 2.45) is 0 Å². The lowest BCUT2D eigenvalue weighted by Crippen LogP contribution is -1.92. The van der Waals surface area contributed by atoms with Gasteiger partial charge in [-0.25, -0.2) is 0 Å². The quantitative estimate of drug-likeness (QED) is 0.206. The lowest BCUT2D eigenvalue weighted by atomic mass is 9.89. The molecule has 0 unspecified atom stereocenters. The molecule has 134 valence electrons. The predicted molar refractivity (Wildman–Crippen MR) is 126 cm³/mol. The molecule has 0 spiro atoms. The topological polar surface area (TPSA) is 0 Å². The summed E-state index contributed by atoms with van der Waals surface area (Å²) >= 11 is 10.1. The molecule has 28 heavy (non-hydrogen) atoms. The van der Waals surface area contributed by atoms with Gasteiger partial charge in [0, 0.05) is 4.47 Å². The number of hydrogen-bond acceptors (Lipinski definition) is 0. The summed E-state index contributed by atoms with van der Waals surface area (Å²) in [6.45, 7) is 4.48. The lowest BCUT2D eigenvalue weighted by molar-refractivity contribution is 1.47. The van der Waals surface area contributed by atoms with E-state index in [0.717, 1.165) is 9.50 Å². The standard InChI is InChI=1S/C26H16BrCl/c1-13-19-11-22(27)23(28)12-20(19)14(2)24-18-9-5-8-17-16-7-4-3-6-15(16)10-21(25(13)24)26(17)18/h3-12H,1-2H3. The molecule has 0 saturated carbocycles. The molecule has 1 aliphatic carbocycles. The van der Waals surface area contributed by atoms with Crippen LogP contribution in [0.5, 0.6) is 0 Å². The first-order chi connectivity index (χ1) is 13.6. The van der Waals surface area contributed by atoms with Crippen LogP contribution in [0.4, 0.5) is 0 Å². The first-order valence-corrected chi connectivity index (χ1v) is 10.6. The fourth-order valence-corrected chi connectivity index (χ4v) is 5.56. The summed E-state index contributed by atoms with van der Waals surface area (Å²) in [6.07, 6.45) is 0. The average Bonchev–Trinajstić information content (AvgIpc) is 3.04. The molecule has 0 radical (unpaired) electrons. The Balaban J connectivity index is 1.89. The van der Waals surface area contributed by atoms with Gasteiger partial charge in [0.1, 0.15) is 0 Å². The molecule has 0 nitrogen and oxygen atoms in total. The van der Waals surface area contributed by atoms with Crippen LogP contribution in [0, 0.1) is 13.8 Å². The fraction of sp³-hybridized carbons (Fsp3) is 0.0769. The molecule has 0 amide bonds. The summed E-state index contributed by atoms with van der Waals surface area (Å²) in [5, 5.41) is 8.59. The van der Waals surface area contributed by atoms with Gasteiger partial charge < -0.3 is 0 Å². The van der Waals surface area contributed by atoms with E-state index in [1.54, 1.807) is 0 Å². The van der Waals surface area contributed by atoms with Gasteiger partial charge in [0.15, 0.2) is 0 Å². The zero-order valence-corrected chi connectivity index (χ0v) is 17.9. The molecule has 2 heteroatoms. The summed E-state index contributed by atoms with van der Waals surface area (Å²) in [7, 11) is 0. The zero-order valence-electron chi connectivity index (χ0n) is 15.5. The highest BCUT2D eigenvalue weighted by Crippen LogP contribution is 2.54. The second kappa shape index (κ2) is 5.59. The van der Waals surface area contributed by atoms with Crippen molar-refractivity contribution in [3.63, 3.8) is 0 Å². The molecule has 0 N–H and O–H groups in total. The van der Waals surface area contributed by atoms with Gasteiger partial charge in [0.05, 0.1) is 5.02 Å². The van der Waals surface area contributed by atoms with Gasteiger partial charge in [0.25, 0.3) is 0 Å². The van der Waals surface area contributed by atoms with E-state index in [2.05, 4.69) is 90.4 Å². The lowest BCUT2D eigenvalue weighted by Gasteiger charge is -2.16. The van der Waals surface area contributed by atoms with E-state index in [1.807, 2.05) is 0 Å². The highest BCUT2D eigenvalue weighted by Gasteiger charge is 2.27. The summed E-state index contributed by atoms with van der Waals surface area (Å²) in [5.41, 5.74) is 8.05. The van der Waals surface area contributed by atoms with Gasteiger partial charge in [-0.3, -0.25) is 0 Å². The maximum Gasteiger partial charge on any atom is 0.0554 e. The minimum absolute atomic E-state index is 0.759. The van der Waals surface area contributed by atoms with Gasteiger partial charge >= 0.3 is 0 Å². The fourth-order valence-electron chi connectivity index (χ4n) is 5.05. The number of halogens is 2. The first-order valence-electron chi connectivity index (χ1n) is 9.43. The Hall–Kier alpha value is -2.35. The third-order valence-electron chi connectivity index (χ3n) is 6.29. The van der Waals surface area contributed by atoms with E-state index in [0.29, 0.717) is 0 Å². The summed E-state index contributed by atoms with van der Waals surface area (Å²) in [5.74, 6) is 0. The van der Waals surface area contributed by atoms with E-state index in [1.165, 1.54) is 65.7 Å². The number of fused-ring (bicyclic) bond motifs is 6. The SMILES string of the molecule is Cc1c2c(c(C)c3cc(Br)c(Cl)cc13)-c1cc3ccccc3c3cccc-2c13. The second-order valence-electron chi connectivity index (χ2n) is 7.69. The Morgan fingerprint density at radius 1 is 0.679 bits per heavy atom. The van der Waals surface area contributed by atoms with Crippen LogP contribution in [0.3, 0.4) is 0 Å². The highest BCUT2D eigenvalue weighted by atomic mass is 79.9. The number of rotatable bonds is 0. The van der Waals surface area contributed by atoms with Crippen molar-refractivity contribution in [2.75, 3.05) is 0 Å². The van der Waals surface area contributed by atoms with Crippen molar-refractivity contribution in [1.29, 1.82) is 0 Å². The molecule has 6 rings (SSSR count). The predicted octanol–water partition coefficient (Wildman–Crippen LogP) is 8.83. The Morgan fingerprint density at radius 3 is 2.18 bits per heavy atom. The smallest absolute Gasteiger partial charge is 0.0554 e. The number of hydrogen-bond donors (Lipinski definition) is 0. The van der Waals surface area contributed by atoms with Crippen LogP contribution >= 0.6 is 27.5 Å². The Kier molecular flexibility index (Phi) is 3.31. The van der Waals surface area contributed by atoms with Gasteiger partial charge in [-0.05, 0) is 114 Å². The molecule has 0 fully saturated rings. The largest absolute Gasteiger partial charge is 0.0831 e. The molecule has 5 aromatic rings. The van der Waals surface area contributed by atoms with Crippen LogP contribution in [0.15, 0.2) is 65.1 Å². The van der Waals surface area contributed by atoms with Crippen LogP contribution in [0.25, 0.3) is 54.6 Å². The average molecular weight is 444 g/mol. The van der Waals surface area contributed by atoms with Gasteiger partial charge in [-0.1, -0.05) is 54.1 Å². The molecular formula is C26H16BrCl. The minimum atomic E-state index is 0.759. The number of benzene rings is 5. The number of aryl methyl sites for hydroxylation is 2. The second-order valence-corrected chi connectivity index (χ2v) is 8.95. The molecule has 0 aliphatic heterocycles. The molecule has 0 atom stereocenters. The minimum Gasteiger partial charge on any atom is -0.0831 e. The molecule has 0 aromatic heterocycles. The van der Waals surface area contributed by atoms with E-state index in [-0.39, 0.29) is 0 Å². The molecule has 5 aromatic carbocycles. The monoisotopic (exact) mass is 442 g/mol. The van der Waals surface area contributed by atoms with Crippen molar-refractivity contribution in [3.8, 4) is 22.3 Å². The van der Waals surface area contributed by atoms with Gasteiger partial charge in [0.2, 0.25) is 0 Å². The molecular weight excluding hydrogens is 428 g/mol. The van der Waals surface area contributed by atoms with E-state index in [9.17, 15) is 0 Å². The normalized spacial score (nSPS) is 12.3. The van der Waals surface area contributed by atoms with Crippen LogP contribution in [-0.4, -0.2) is 0 Å². The van der Waals surface area contributed by atoms with Gasteiger partial charge in [-0.2, -0.15) is 0 Å². The summed E-state index contributed by atoms with van der Waals surface area (Å²) in [6, 6.07) is 22.1. The Labute approximate surface area is 176 Å². The Morgan fingerprint density at radius 2 is 1.36 bits per heavy atom. The third kappa shape index (κ3) is 1.96. The van der Waals surface area contributed by atoms with Crippen molar-refractivity contribution < 1.29 is 0 Å².